The lowest BCUT2D eigenvalue weighted by Gasteiger charge is -2.14. The topological polar surface area (TPSA) is 75.9 Å². The molecule has 1 fully saturated rings. The van der Waals surface area contributed by atoms with Crippen molar-refractivity contribution in [1.82, 2.24) is 30.4 Å². The van der Waals surface area contributed by atoms with E-state index in [-0.39, 0.29) is 5.91 Å². The molecule has 7 nitrogen and oxygen atoms in total. The SMILES string of the molecule is Cn1nnnc1-c1cccc(C(=O)NCCN2CCCC2)c1. The van der Waals surface area contributed by atoms with Crippen LogP contribution in [0.4, 0.5) is 0 Å². The lowest BCUT2D eigenvalue weighted by molar-refractivity contribution is 0.0950. The molecular weight excluding hydrogens is 280 g/mol. The molecule has 0 radical (unpaired) electrons. The van der Waals surface area contributed by atoms with E-state index in [1.54, 1.807) is 17.8 Å². The predicted molar refractivity (Wildman–Crippen MR) is 82.2 cm³/mol. The average Bonchev–Trinajstić information content (AvgIpc) is 3.19. The van der Waals surface area contributed by atoms with Crippen molar-refractivity contribution in [2.45, 2.75) is 12.8 Å². The first kappa shape index (κ1) is 14.6. The van der Waals surface area contributed by atoms with Gasteiger partial charge in [0.1, 0.15) is 0 Å². The highest BCUT2D eigenvalue weighted by atomic mass is 16.1. The minimum atomic E-state index is -0.0591. The molecular formula is C15H20N6O. The van der Waals surface area contributed by atoms with Crippen LogP contribution < -0.4 is 5.32 Å². The summed E-state index contributed by atoms with van der Waals surface area (Å²) in [5.74, 6) is 0.586. The Morgan fingerprint density at radius 3 is 2.86 bits per heavy atom. The van der Waals surface area contributed by atoms with Crippen molar-refractivity contribution in [2.24, 2.45) is 7.05 Å². The summed E-state index contributed by atoms with van der Waals surface area (Å²) in [5, 5.41) is 14.4. The molecule has 7 heteroatoms. The number of rotatable bonds is 5. The first-order chi connectivity index (χ1) is 10.7. The Labute approximate surface area is 129 Å². The van der Waals surface area contributed by atoms with Crippen molar-refractivity contribution in [3.63, 3.8) is 0 Å². The molecule has 1 aliphatic heterocycles. The molecule has 1 aromatic heterocycles. The third-order valence-electron chi connectivity index (χ3n) is 3.92. The number of hydrogen-bond donors (Lipinski definition) is 1. The molecule has 3 rings (SSSR count). The smallest absolute Gasteiger partial charge is 0.251 e. The van der Waals surface area contributed by atoms with E-state index in [0.717, 1.165) is 25.2 Å². The van der Waals surface area contributed by atoms with Gasteiger partial charge in [-0.05, 0) is 48.5 Å². The Kier molecular flexibility index (Phi) is 4.43. The second-order valence-electron chi connectivity index (χ2n) is 5.51. The molecule has 0 atom stereocenters. The van der Waals surface area contributed by atoms with E-state index >= 15 is 0 Å². The van der Waals surface area contributed by atoms with Crippen LogP contribution in [0.3, 0.4) is 0 Å². The van der Waals surface area contributed by atoms with E-state index in [0.29, 0.717) is 17.9 Å². The average molecular weight is 300 g/mol. The van der Waals surface area contributed by atoms with E-state index in [2.05, 4.69) is 25.7 Å². The van der Waals surface area contributed by atoms with Crippen molar-refractivity contribution in [3.05, 3.63) is 29.8 Å². The maximum absolute atomic E-state index is 12.2. The van der Waals surface area contributed by atoms with Crippen LogP contribution in [0.1, 0.15) is 23.2 Å². The van der Waals surface area contributed by atoms with Gasteiger partial charge in [0.15, 0.2) is 5.82 Å². The van der Waals surface area contributed by atoms with Crippen LogP contribution in [0.5, 0.6) is 0 Å². The lowest BCUT2D eigenvalue weighted by Crippen LogP contribution is -2.33. The standard InChI is InChI=1S/C15H20N6O/c1-20-14(17-18-19-20)12-5-4-6-13(11-12)15(22)16-7-10-21-8-2-3-9-21/h4-6,11H,2-3,7-10H2,1H3,(H,16,22). The molecule has 2 aromatic rings. The summed E-state index contributed by atoms with van der Waals surface area (Å²) in [6.07, 6.45) is 2.53. The second kappa shape index (κ2) is 6.65. The Morgan fingerprint density at radius 2 is 2.14 bits per heavy atom. The fraction of sp³-hybridized carbons (Fsp3) is 0.467. The fourth-order valence-electron chi connectivity index (χ4n) is 2.71. The van der Waals surface area contributed by atoms with Crippen LogP contribution in [-0.4, -0.2) is 57.2 Å². The highest BCUT2D eigenvalue weighted by Crippen LogP contribution is 2.16. The fourth-order valence-corrected chi connectivity index (χ4v) is 2.71. The lowest BCUT2D eigenvalue weighted by atomic mass is 10.1. The largest absolute Gasteiger partial charge is 0.351 e. The summed E-state index contributed by atoms with van der Waals surface area (Å²) in [4.78, 5) is 14.6. The normalized spacial score (nSPS) is 15.1. The highest BCUT2D eigenvalue weighted by Gasteiger charge is 2.13. The molecule has 0 unspecified atom stereocenters. The van der Waals surface area contributed by atoms with Crippen LogP contribution in [-0.2, 0) is 7.05 Å². The summed E-state index contributed by atoms with van der Waals surface area (Å²) in [5.41, 5.74) is 1.46. The van der Waals surface area contributed by atoms with Gasteiger partial charge < -0.3 is 10.2 Å². The molecule has 22 heavy (non-hydrogen) atoms. The molecule has 1 aliphatic rings. The van der Waals surface area contributed by atoms with Crippen molar-refractivity contribution < 1.29 is 4.79 Å². The van der Waals surface area contributed by atoms with Crippen molar-refractivity contribution >= 4 is 5.91 Å². The van der Waals surface area contributed by atoms with Crippen LogP contribution in [0.15, 0.2) is 24.3 Å². The van der Waals surface area contributed by atoms with Gasteiger partial charge in [-0.15, -0.1) is 5.10 Å². The third kappa shape index (κ3) is 3.30. The number of amides is 1. The summed E-state index contributed by atoms with van der Waals surface area (Å²) >= 11 is 0. The molecule has 0 saturated carbocycles. The van der Waals surface area contributed by atoms with Crippen molar-refractivity contribution in [2.75, 3.05) is 26.2 Å². The second-order valence-corrected chi connectivity index (χ2v) is 5.51. The van der Waals surface area contributed by atoms with Gasteiger partial charge in [0.05, 0.1) is 0 Å². The minimum absolute atomic E-state index is 0.0591. The van der Waals surface area contributed by atoms with Crippen molar-refractivity contribution in [3.8, 4) is 11.4 Å². The summed E-state index contributed by atoms with van der Waals surface area (Å²) in [7, 11) is 1.78. The van der Waals surface area contributed by atoms with Gasteiger partial charge >= 0.3 is 0 Å². The molecule has 1 aromatic carbocycles. The summed E-state index contributed by atoms with van der Waals surface area (Å²) in [6.45, 7) is 3.88. The third-order valence-corrected chi connectivity index (χ3v) is 3.92. The Balaban J connectivity index is 1.61. The number of nitrogens with one attached hydrogen (secondary N) is 1. The number of aromatic nitrogens is 4. The maximum atomic E-state index is 12.2. The van der Waals surface area contributed by atoms with E-state index in [1.165, 1.54) is 12.8 Å². The summed E-state index contributed by atoms with van der Waals surface area (Å²) in [6, 6.07) is 7.36. The number of nitrogens with zero attached hydrogens (tertiary/aromatic N) is 5. The van der Waals surface area contributed by atoms with Gasteiger partial charge in [0, 0.05) is 31.3 Å². The van der Waals surface area contributed by atoms with Crippen LogP contribution in [0, 0.1) is 0 Å². The zero-order valence-electron chi connectivity index (χ0n) is 12.7. The van der Waals surface area contributed by atoms with E-state index in [4.69, 9.17) is 0 Å². The number of likely N-dealkylation sites (tertiary alicyclic amines) is 1. The van der Waals surface area contributed by atoms with E-state index in [9.17, 15) is 4.79 Å². The zero-order chi connectivity index (χ0) is 15.4. The molecule has 1 N–H and O–H groups in total. The molecule has 0 aliphatic carbocycles. The van der Waals surface area contributed by atoms with Gasteiger partial charge in [-0.1, -0.05) is 12.1 Å². The number of tetrazole rings is 1. The summed E-state index contributed by atoms with van der Waals surface area (Å²) < 4.78 is 1.59. The molecule has 1 saturated heterocycles. The Morgan fingerprint density at radius 1 is 1.32 bits per heavy atom. The van der Waals surface area contributed by atoms with Gasteiger partial charge in [-0.25, -0.2) is 4.68 Å². The highest BCUT2D eigenvalue weighted by molar-refractivity contribution is 5.95. The number of aryl methyl sites for hydroxylation is 1. The molecule has 0 bridgehead atoms. The zero-order valence-corrected chi connectivity index (χ0v) is 12.7. The minimum Gasteiger partial charge on any atom is -0.351 e. The monoisotopic (exact) mass is 300 g/mol. The van der Waals surface area contributed by atoms with Gasteiger partial charge in [-0.2, -0.15) is 0 Å². The number of hydrogen-bond acceptors (Lipinski definition) is 5. The van der Waals surface area contributed by atoms with Gasteiger partial charge in [0.2, 0.25) is 0 Å². The molecule has 2 heterocycles. The number of carbonyl (C=O) groups excluding carboxylic acids is 1. The van der Waals surface area contributed by atoms with Crippen molar-refractivity contribution in [1.29, 1.82) is 0 Å². The van der Waals surface area contributed by atoms with E-state index < -0.39 is 0 Å². The Bertz CT molecular complexity index is 647. The van der Waals surface area contributed by atoms with Crippen LogP contribution >= 0.6 is 0 Å². The quantitative estimate of drug-likeness (QED) is 0.880. The van der Waals surface area contributed by atoms with Gasteiger partial charge in [-0.3, -0.25) is 4.79 Å². The van der Waals surface area contributed by atoms with E-state index in [1.807, 2.05) is 18.2 Å². The van der Waals surface area contributed by atoms with Crippen LogP contribution in [0.2, 0.25) is 0 Å². The Hall–Kier alpha value is -2.28. The molecule has 116 valence electrons. The first-order valence-electron chi connectivity index (χ1n) is 7.57. The number of benzene rings is 1. The number of carbonyl (C=O) groups is 1. The maximum Gasteiger partial charge on any atom is 0.251 e. The molecule has 0 spiro atoms. The van der Waals surface area contributed by atoms with Gasteiger partial charge in [0.25, 0.3) is 5.91 Å². The predicted octanol–water partition coefficient (Wildman–Crippen LogP) is 0.703. The molecule has 1 amide bonds. The first-order valence-corrected chi connectivity index (χ1v) is 7.57. The van der Waals surface area contributed by atoms with Crippen LogP contribution in [0.25, 0.3) is 11.4 Å².